The Morgan fingerprint density at radius 3 is 2.78 bits per heavy atom. The predicted octanol–water partition coefficient (Wildman–Crippen LogP) is 3.51. The maximum Gasteiger partial charge on any atom is 0.260 e. The first-order chi connectivity index (χ1) is 11.1. The molecule has 0 radical (unpaired) electrons. The summed E-state index contributed by atoms with van der Waals surface area (Å²) in [6.45, 7) is 0.452. The lowest BCUT2D eigenvalue weighted by Gasteiger charge is -2.22. The Morgan fingerprint density at radius 2 is 2.09 bits per heavy atom. The van der Waals surface area contributed by atoms with E-state index in [0.717, 1.165) is 23.6 Å². The Hall–Kier alpha value is -1.44. The van der Waals surface area contributed by atoms with E-state index in [1.165, 1.54) is 28.0 Å². The zero-order valence-electron chi connectivity index (χ0n) is 12.1. The van der Waals surface area contributed by atoms with Gasteiger partial charge in [-0.3, -0.25) is 14.5 Å². The van der Waals surface area contributed by atoms with Crippen molar-refractivity contribution >= 4 is 46.5 Å². The number of hydrogen-bond acceptors (Lipinski definition) is 6. The molecule has 23 heavy (non-hydrogen) atoms. The SMILES string of the molecule is O=C(c1ccc(Cl)cc1)N1CCCC[C@H](Sc2nncs2)C1=O. The molecule has 1 aromatic carbocycles. The molecule has 3 rings (SSSR count). The molecule has 2 heterocycles. The Bertz CT molecular complexity index is 691. The lowest BCUT2D eigenvalue weighted by atomic mass is 10.2. The number of aromatic nitrogens is 2. The van der Waals surface area contributed by atoms with Crippen LogP contribution in [0.15, 0.2) is 34.1 Å². The van der Waals surface area contributed by atoms with Crippen LogP contribution in [0.5, 0.6) is 0 Å². The van der Waals surface area contributed by atoms with Crippen molar-refractivity contribution < 1.29 is 9.59 Å². The molecule has 5 nitrogen and oxygen atoms in total. The molecule has 1 saturated heterocycles. The van der Waals surface area contributed by atoms with Crippen molar-refractivity contribution in [3.05, 3.63) is 40.4 Å². The third kappa shape index (κ3) is 3.91. The molecular formula is C15H14ClN3O2S2. The van der Waals surface area contributed by atoms with E-state index in [9.17, 15) is 9.59 Å². The van der Waals surface area contributed by atoms with Gasteiger partial charge in [-0.1, -0.05) is 41.1 Å². The Morgan fingerprint density at radius 1 is 1.30 bits per heavy atom. The van der Waals surface area contributed by atoms with Crippen LogP contribution in [0.4, 0.5) is 0 Å². The number of likely N-dealkylation sites (tertiary alicyclic amines) is 1. The summed E-state index contributed by atoms with van der Waals surface area (Å²) in [6.07, 6.45) is 2.47. The number of rotatable bonds is 3. The van der Waals surface area contributed by atoms with Crippen LogP contribution in [0.2, 0.25) is 5.02 Å². The smallest absolute Gasteiger partial charge is 0.260 e. The highest BCUT2D eigenvalue weighted by molar-refractivity contribution is 8.02. The zero-order chi connectivity index (χ0) is 16.2. The molecule has 2 amide bonds. The van der Waals surface area contributed by atoms with E-state index in [0.29, 0.717) is 17.1 Å². The summed E-state index contributed by atoms with van der Waals surface area (Å²) in [7, 11) is 0. The molecule has 0 N–H and O–H groups in total. The quantitative estimate of drug-likeness (QED) is 0.777. The number of nitrogens with zero attached hydrogens (tertiary/aromatic N) is 3. The number of thioether (sulfide) groups is 1. The summed E-state index contributed by atoms with van der Waals surface area (Å²) in [4.78, 5) is 26.8. The highest BCUT2D eigenvalue weighted by Crippen LogP contribution is 2.31. The monoisotopic (exact) mass is 367 g/mol. The molecule has 0 saturated carbocycles. The van der Waals surface area contributed by atoms with Crippen molar-refractivity contribution in [2.24, 2.45) is 0 Å². The van der Waals surface area contributed by atoms with Gasteiger partial charge in [0.25, 0.3) is 5.91 Å². The number of hydrogen-bond donors (Lipinski definition) is 0. The molecule has 1 aliphatic heterocycles. The minimum atomic E-state index is -0.290. The Kier molecular flexibility index (Phi) is 5.30. The topological polar surface area (TPSA) is 63.2 Å². The van der Waals surface area contributed by atoms with Crippen LogP contribution in [0.1, 0.15) is 29.6 Å². The first-order valence-electron chi connectivity index (χ1n) is 7.19. The van der Waals surface area contributed by atoms with E-state index in [-0.39, 0.29) is 17.1 Å². The predicted molar refractivity (Wildman–Crippen MR) is 90.9 cm³/mol. The molecule has 1 atom stereocenters. The fourth-order valence-electron chi connectivity index (χ4n) is 2.40. The van der Waals surface area contributed by atoms with Crippen molar-refractivity contribution in [2.75, 3.05) is 6.54 Å². The van der Waals surface area contributed by atoms with Crippen molar-refractivity contribution in [1.82, 2.24) is 15.1 Å². The van der Waals surface area contributed by atoms with Gasteiger partial charge in [-0.05, 0) is 37.1 Å². The van der Waals surface area contributed by atoms with Gasteiger partial charge in [0.05, 0.1) is 5.25 Å². The molecular weight excluding hydrogens is 354 g/mol. The van der Waals surface area contributed by atoms with Crippen LogP contribution in [0, 0.1) is 0 Å². The second-order valence-corrected chi connectivity index (χ2v) is 7.83. The van der Waals surface area contributed by atoms with Crippen LogP contribution in [0.3, 0.4) is 0 Å². The highest BCUT2D eigenvalue weighted by Gasteiger charge is 2.32. The van der Waals surface area contributed by atoms with Gasteiger partial charge >= 0.3 is 0 Å². The van der Waals surface area contributed by atoms with Crippen molar-refractivity contribution in [3.8, 4) is 0 Å². The summed E-state index contributed by atoms with van der Waals surface area (Å²) >= 11 is 8.65. The van der Waals surface area contributed by atoms with Crippen LogP contribution < -0.4 is 0 Å². The van der Waals surface area contributed by atoms with Crippen LogP contribution in [0.25, 0.3) is 0 Å². The summed E-state index contributed by atoms with van der Waals surface area (Å²) < 4.78 is 0.754. The van der Waals surface area contributed by atoms with Crippen LogP contribution >= 0.6 is 34.7 Å². The average molecular weight is 368 g/mol. The fourth-order valence-corrected chi connectivity index (χ4v) is 4.36. The molecule has 120 valence electrons. The number of imide groups is 1. The number of amides is 2. The fraction of sp³-hybridized carbons (Fsp3) is 0.333. The van der Waals surface area contributed by atoms with Gasteiger partial charge in [0, 0.05) is 17.1 Å². The van der Waals surface area contributed by atoms with E-state index in [1.807, 2.05) is 0 Å². The van der Waals surface area contributed by atoms with Crippen molar-refractivity contribution in [2.45, 2.75) is 28.9 Å². The highest BCUT2D eigenvalue weighted by atomic mass is 35.5. The van der Waals surface area contributed by atoms with Gasteiger partial charge in [-0.25, -0.2) is 0 Å². The largest absolute Gasteiger partial charge is 0.278 e. The summed E-state index contributed by atoms with van der Waals surface area (Å²) in [5.41, 5.74) is 2.12. The summed E-state index contributed by atoms with van der Waals surface area (Å²) in [5, 5.41) is 8.04. The van der Waals surface area contributed by atoms with Crippen LogP contribution in [-0.2, 0) is 4.79 Å². The minimum Gasteiger partial charge on any atom is -0.278 e. The molecule has 8 heteroatoms. The second-order valence-electron chi connectivity index (χ2n) is 5.11. The van der Waals surface area contributed by atoms with Gasteiger partial charge in [-0.15, -0.1) is 10.2 Å². The van der Waals surface area contributed by atoms with Gasteiger partial charge in [0.2, 0.25) is 5.91 Å². The molecule has 1 fully saturated rings. The number of benzene rings is 1. The first-order valence-corrected chi connectivity index (χ1v) is 9.33. The maximum atomic E-state index is 12.8. The van der Waals surface area contributed by atoms with E-state index in [4.69, 9.17) is 11.6 Å². The molecule has 0 aliphatic carbocycles. The maximum absolute atomic E-state index is 12.8. The van der Waals surface area contributed by atoms with Gasteiger partial charge in [-0.2, -0.15) is 0 Å². The average Bonchev–Trinajstić information content (AvgIpc) is 2.99. The van der Waals surface area contributed by atoms with Gasteiger partial charge in [0.1, 0.15) is 5.51 Å². The second kappa shape index (κ2) is 7.42. The van der Waals surface area contributed by atoms with E-state index in [2.05, 4.69) is 10.2 Å². The van der Waals surface area contributed by atoms with Gasteiger partial charge < -0.3 is 0 Å². The standard InChI is InChI=1S/C15H14ClN3O2S2/c16-11-6-4-10(5-7-11)13(20)19-8-2-1-3-12(14(19)21)23-15-18-17-9-22-15/h4-7,9,12H,1-3,8H2/t12-/m0/s1. The lowest BCUT2D eigenvalue weighted by molar-refractivity contribution is -0.127. The zero-order valence-corrected chi connectivity index (χ0v) is 14.5. The molecule has 1 aliphatic rings. The molecule has 0 bridgehead atoms. The first kappa shape index (κ1) is 16.4. The summed E-state index contributed by atoms with van der Waals surface area (Å²) in [6, 6.07) is 6.61. The Labute approximate surface area is 147 Å². The third-order valence-electron chi connectivity index (χ3n) is 3.56. The lowest BCUT2D eigenvalue weighted by Crippen LogP contribution is -2.41. The van der Waals surface area contributed by atoms with E-state index < -0.39 is 0 Å². The number of carbonyl (C=O) groups excluding carboxylic acids is 2. The normalized spacial score (nSPS) is 18.7. The number of halogens is 1. The van der Waals surface area contributed by atoms with Gasteiger partial charge in [0.15, 0.2) is 4.34 Å². The molecule has 1 aromatic heterocycles. The van der Waals surface area contributed by atoms with E-state index in [1.54, 1.807) is 29.8 Å². The van der Waals surface area contributed by atoms with Crippen molar-refractivity contribution in [1.29, 1.82) is 0 Å². The molecule has 2 aromatic rings. The minimum absolute atomic E-state index is 0.150. The van der Waals surface area contributed by atoms with E-state index >= 15 is 0 Å². The molecule has 0 unspecified atom stereocenters. The molecule has 0 spiro atoms. The van der Waals surface area contributed by atoms with Crippen molar-refractivity contribution in [3.63, 3.8) is 0 Å². The summed E-state index contributed by atoms with van der Waals surface area (Å²) in [5.74, 6) is -0.418. The van der Waals surface area contributed by atoms with Crippen LogP contribution in [-0.4, -0.2) is 38.7 Å². The number of carbonyl (C=O) groups is 2. The Balaban J connectivity index is 1.78. The third-order valence-corrected chi connectivity index (χ3v) is 5.88.